The van der Waals surface area contributed by atoms with Crippen molar-refractivity contribution in [2.45, 2.75) is 25.5 Å². The predicted molar refractivity (Wildman–Crippen MR) is 62.6 cm³/mol. The van der Waals surface area contributed by atoms with Gasteiger partial charge in [0.05, 0.1) is 11.6 Å². The molecule has 1 rings (SSSR count). The first-order chi connectivity index (χ1) is 7.49. The van der Waals surface area contributed by atoms with Gasteiger partial charge in [-0.15, -0.1) is 6.42 Å². The molecule has 0 aliphatic rings. The van der Waals surface area contributed by atoms with E-state index in [-0.39, 0.29) is 0 Å². The summed E-state index contributed by atoms with van der Waals surface area (Å²) in [5, 5.41) is 12.5. The summed E-state index contributed by atoms with van der Waals surface area (Å²) in [5.41, 5.74) is 0.557. The van der Waals surface area contributed by atoms with E-state index in [1.54, 1.807) is 38.1 Å². The maximum absolute atomic E-state index is 10.5. The van der Waals surface area contributed by atoms with Gasteiger partial charge in [0, 0.05) is 5.56 Å². The van der Waals surface area contributed by atoms with Gasteiger partial charge in [0.15, 0.2) is 0 Å². The lowest BCUT2D eigenvalue weighted by molar-refractivity contribution is -0.112. The van der Waals surface area contributed by atoms with E-state index in [9.17, 15) is 9.90 Å². The van der Waals surface area contributed by atoms with E-state index in [2.05, 4.69) is 11.2 Å². The topological polar surface area (TPSA) is 49.3 Å². The number of nitrogens with one attached hydrogen (secondary N) is 1. The molecule has 1 aromatic carbocycles. The second kappa shape index (κ2) is 4.82. The number of aliphatic hydroxyl groups is 1. The standard InChI is InChI=1S/C13H15NO2/c1-4-10-5-7-11(8-6-10)12(14-9-15)13(2,3)16/h1,5-9,12,16H,2-3H3,(H,14,15). The fraction of sp³-hybridized carbons (Fsp3) is 0.308. The molecule has 1 atom stereocenters. The summed E-state index contributed by atoms with van der Waals surface area (Å²) in [6.07, 6.45) is 5.83. The van der Waals surface area contributed by atoms with Gasteiger partial charge in [-0.3, -0.25) is 4.79 Å². The Bertz CT molecular complexity index is 395. The largest absolute Gasteiger partial charge is 0.388 e. The zero-order valence-corrected chi connectivity index (χ0v) is 9.40. The summed E-state index contributed by atoms with van der Waals surface area (Å²) < 4.78 is 0. The summed E-state index contributed by atoms with van der Waals surface area (Å²) >= 11 is 0. The molecule has 1 amide bonds. The molecule has 1 aromatic rings. The first kappa shape index (κ1) is 12.3. The maximum atomic E-state index is 10.5. The second-order valence-electron chi connectivity index (χ2n) is 4.14. The van der Waals surface area contributed by atoms with Crippen molar-refractivity contribution < 1.29 is 9.90 Å². The van der Waals surface area contributed by atoms with Crippen molar-refractivity contribution in [2.75, 3.05) is 0 Å². The fourth-order valence-corrected chi connectivity index (χ4v) is 1.55. The average Bonchev–Trinajstić information content (AvgIpc) is 2.25. The van der Waals surface area contributed by atoms with Gasteiger partial charge in [-0.1, -0.05) is 18.1 Å². The van der Waals surface area contributed by atoms with Crippen molar-refractivity contribution in [1.29, 1.82) is 0 Å². The predicted octanol–water partition coefficient (Wildman–Crippen LogP) is 1.23. The molecule has 3 nitrogen and oxygen atoms in total. The highest BCUT2D eigenvalue weighted by molar-refractivity contribution is 5.49. The van der Waals surface area contributed by atoms with Crippen LogP contribution in [-0.4, -0.2) is 17.1 Å². The Morgan fingerprint density at radius 2 is 2.00 bits per heavy atom. The Morgan fingerprint density at radius 3 is 2.38 bits per heavy atom. The van der Waals surface area contributed by atoms with E-state index < -0.39 is 11.6 Å². The van der Waals surface area contributed by atoms with E-state index in [0.29, 0.717) is 6.41 Å². The third kappa shape index (κ3) is 2.85. The monoisotopic (exact) mass is 217 g/mol. The third-order valence-electron chi connectivity index (χ3n) is 2.35. The van der Waals surface area contributed by atoms with Crippen LogP contribution in [0.25, 0.3) is 0 Å². The van der Waals surface area contributed by atoms with Crippen molar-refractivity contribution in [3.63, 3.8) is 0 Å². The number of rotatable bonds is 4. The Labute approximate surface area is 95.5 Å². The lowest BCUT2D eigenvalue weighted by Crippen LogP contribution is -2.38. The van der Waals surface area contributed by atoms with Crippen LogP contribution in [0.3, 0.4) is 0 Å². The van der Waals surface area contributed by atoms with Crippen LogP contribution in [0.5, 0.6) is 0 Å². The Morgan fingerprint density at radius 1 is 1.44 bits per heavy atom. The number of benzene rings is 1. The van der Waals surface area contributed by atoms with Gasteiger partial charge in [0.1, 0.15) is 0 Å². The van der Waals surface area contributed by atoms with Crippen LogP contribution in [-0.2, 0) is 4.79 Å². The molecule has 2 N–H and O–H groups in total. The third-order valence-corrected chi connectivity index (χ3v) is 2.35. The minimum absolute atomic E-state index is 0.447. The van der Waals surface area contributed by atoms with Crippen molar-refractivity contribution in [1.82, 2.24) is 5.32 Å². The highest BCUT2D eigenvalue weighted by Gasteiger charge is 2.27. The average molecular weight is 217 g/mol. The molecule has 16 heavy (non-hydrogen) atoms. The summed E-state index contributed by atoms with van der Waals surface area (Å²) in [5.74, 6) is 2.51. The quantitative estimate of drug-likeness (QED) is 0.588. The number of terminal acetylenes is 1. The van der Waals surface area contributed by atoms with E-state index in [1.807, 2.05) is 0 Å². The minimum atomic E-state index is -1.03. The van der Waals surface area contributed by atoms with E-state index in [0.717, 1.165) is 11.1 Å². The summed E-state index contributed by atoms with van der Waals surface area (Å²) in [6.45, 7) is 3.28. The normalized spacial score (nSPS) is 12.6. The smallest absolute Gasteiger partial charge is 0.207 e. The highest BCUT2D eigenvalue weighted by atomic mass is 16.3. The van der Waals surface area contributed by atoms with E-state index >= 15 is 0 Å². The van der Waals surface area contributed by atoms with Crippen molar-refractivity contribution in [2.24, 2.45) is 0 Å². The van der Waals surface area contributed by atoms with Crippen LogP contribution >= 0.6 is 0 Å². The van der Waals surface area contributed by atoms with Crippen LogP contribution in [0.2, 0.25) is 0 Å². The minimum Gasteiger partial charge on any atom is -0.388 e. The zero-order valence-electron chi connectivity index (χ0n) is 9.40. The lowest BCUT2D eigenvalue weighted by atomic mass is 9.91. The lowest BCUT2D eigenvalue weighted by Gasteiger charge is -2.29. The van der Waals surface area contributed by atoms with Crippen LogP contribution in [0.15, 0.2) is 24.3 Å². The van der Waals surface area contributed by atoms with Gasteiger partial charge >= 0.3 is 0 Å². The highest BCUT2D eigenvalue weighted by Crippen LogP contribution is 2.25. The molecule has 0 spiro atoms. The van der Waals surface area contributed by atoms with Crippen molar-refractivity contribution in [3.05, 3.63) is 35.4 Å². The summed E-state index contributed by atoms with van der Waals surface area (Å²) in [6, 6.07) is 6.71. The van der Waals surface area contributed by atoms with Gasteiger partial charge in [-0.25, -0.2) is 0 Å². The molecule has 0 fully saturated rings. The number of amides is 1. The Hall–Kier alpha value is -1.79. The molecule has 0 heterocycles. The number of carbonyl (C=O) groups is 1. The van der Waals surface area contributed by atoms with Gasteiger partial charge in [-0.2, -0.15) is 0 Å². The second-order valence-corrected chi connectivity index (χ2v) is 4.14. The van der Waals surface area contributed by atoms with Crippen LogP contribution in [0.4, 0.5) is 0 Å². The number of carbonyl (C=O) groups excluding carboxylic acids is 1. The first-order valence-electron chi connectivity index (χ1n) is 4.97. The van der Waals surface area contributed by atoms with E-state index in [1.165, 1.54) is 0 Å². The molecule has 84 valence electrons. The fourth-order valence-electron chi connectivity index (χ4n) is 1.55. The molecule has 0 aliphatic heterocycles. The molecule has 0 saturated carbocycles. The Balaban J connectivity index is 3.03. The molecule has 0 saturated heterocycles. The molecule has 0 aromatic heterocycles. The molecular formula is C13H15NO2. The Kier molecular flexibility index (Phi) is 3.70. The number of hydrogen-bond acceptors (Lipinski definition) is 2. The molecule has 3 heteroatoms. The van der Waals surface area contributed by atoms with Gasteiger partial charge in [-0.05, 0) is 31.5 Å². The number of hydrogen-bond donors (Lipinski definition) is 2. The van der Waals surface area contributed by atoms with Crippen molar-refractivity contribution >= 4 is 6.41 Å². The maximum Gasteiger partial charge on any atom is 0.207 e. The molecule has 0 radical (unpaired) electrons. The van der Waals surface area contributed by atoms with Crippen LogP contribution in [0.1, 0.15) is 31.0 Å². The first-order valence-corrected chi connectivity index (χ1v) is 4.97. The molecule has 0 bridgehead atoms. The molecule has 1 unspecified atom stereocenters. The SMILES string of the molecule is C#Cc1ccc(C(NC=O)C(C)(C)O)cc1. The van der Waals surface area contributed by atoms with Gasteiger partial charge < -0.3 is 10.4 Å². The van der Waals surface area contributed by atoms with Crippen LogP contribution in [0, 0.1) is 12.3 Å². The summed E-state index contributed by atoms with van der Waals surface area (Å²) in [4.78, 5) is 10.5. The van der Waals surface area contributed by atoms with Gasteiger partial charge in [0.2, 0.25) is 6.41 Å². The zero-order chi connectivity index (χ0) is 12.2. The molecular weight excluding hydrogens is 202 g/mol. The van der Waals surface area contributed by atoms with Crippen LogP contribution < -0.4 is 5.32 Å². The van der Waals surface area contributed by atoms with Gasteiger partial charge in [0.25, 0.3) is 0 Å². The van der Waals surface area contributed by atoms with E-state index in [4.69, 9.17) is 6.42 Å². The van der Waals surface area contributed by atoms with Crippen molar-refractivity contribution in [3.8, 4) is 12.3 Å². The molecule has 0 aliphatic carbocycles. The summed E-state index contributed by atoms with van der Waals surface area (Å²) in [7, 11) is 0.